The van der Waals surface area contributed by atoms with Crippen molar-refractivity contribution in [2.75, 3.05) is 11.1 Å². The molecule has 0 atom stereocenters. The molecule has 1 aromatic heterocycles. The average molecular weight is 394 g/mol. The second-order valence-electron chi connectivity index (χ2n) is 3.53. The number of aromatic nitrogens is 1. The molecule has 1 aromatic carbocycles. The van der Waals surface area contributed by atoms with Crippen LogP contribution in [0.4, 0.5) is 10.8 Å². The van der Waals surface area contributed by atoms with Crippen molar-refractivity contribution in [3.63, 3.8) is 0 Å². The van der Waals surface area contributed by atoms with Gasteiger partial charge in [-0.3, -0.25) is 4.79 Å². The highest BCUT2D eigenvalue weighted by atomic mass is 127. The fraction of sp³-hybridized carbons (Fsp3) is 0.0909. The number of halogens is 2. The van der Waals surface area contributed by atoms with E-state index in [9.17, 15) is 4.79 Å². The minimum atomic E-state index is -0.125. The fourth-order valence-electron chi connectivity index (χ4n) is 1.35. The van der Waals surface area contributed by atoms with Crippen LogP contribution in [0, 0.1) is 3.57 Å². The van der Waals surface area contributed by atoms with Crippen LogP contribution in [0.5, 0.6) is 0 Å². The first-order chi connectivity index (χ1) is 8.54. The summed E-state index contributed by atoms with van der Waals surface area (Å²) in [5, 5.41) is 5.71. The Labute approximate surface area is 127 Å². The zero-order valence-electron chi connectivity index (χ0n) is 9.11. The van der Waals surface area contributed by atoms with Gasteiger partial charge >= 0.3 is 0 Å². The maximum Gasteiger partial charge on any atom is 0.230 e. The number of benzene rings is 1. The number of hydrogen-bond acceptors (Lipinski definition) is 4. The molecule has 0 unspecified atom stereocenters. The van der Waals surface area contributed by atoms with E-state index in [2.05, 4.69) is 32.9 Å². The van der Waals surface area contributed by atoms with Crippen molar-refractivity contribution in [2.45, 2.75) is 6.42 Å². The van der Waals surface area contributed by atoms with Crippen LogP contribution >= 0.6 is 45.5 Å². The normalized spacial score (nSPS) is 10.3. The topological polar surface area (TPSA) is 68.0 Å². The number of nitrogens with zero attached hydrogens (tertiary/aromatic N) is 1. The number of amides is 1. The average Bonchev–Trinajstić information content (AvgIpc) is 2.68. The molecular formula is C11H9ClIN3OS. The number of rotatable bonds is 3. The minimum absolute atomic E-state index is 0.125. The smallest absolute Gasteiger partial charge is 0.230 e. The van der Waals surface area contributed by atoms with Crippen LogP contribution < -0.4 is 11.1 Å². The summed E-state index contributed by atoms with van der Waals surface area (Å²) in [5.74, 6) is -0.125. The van der Waals surface area contributed by atoms with Gasteiger partial charge in [0.1, 0.15) is 0 Å². The highest BCUT2D eigenvalue weighted by molar-refractivity contribution is 14.1. The third-order valence-electron chi connectivity index (χ3n) is 2.12. The molecule has 18 heavy (non-hydrogen) atoms. The van der Waals surface area contributed by atoms with E-state index in [0.717, 1.165) is 9.26 Å². The minimum Gasteiger partial charge on any atom is -0.375 e. The third-order valence-corrected chi connectivity index (χ3v) is 3.97. The molecule has 2 aromatic rings. The van der Waals surface area contributed by atoms with Crippen LogP contribution in [0.3, 0.4) is 0 Å². The maximum atomic E-state index is 11.8. The van der Waals surface area contributed by atoms with Crippen molar-refractivity contribution < 1.29 is 4.79 Å². The highest BCUT2D eigenvalue weighted by Crippen LogP contribution is 2.22. The predicted molar refractivity (Wildman–Crippen MR) is 83.0 cm³/mol. The summed E-state index contributed by atoms with van der Waals surface area (Å²) in [6, 6.07) is 5.30. The zero-order valence-corrected chi connectivity index (χ0v) is 12.8. The Morgan fingerprint density at radius 1 is 1.56 bits per heavy atom. The van der Waals surface area contributed by atoms with Crippen molar-refractivity contribution in [1.82, 2.24) is 4.98 Å². The van der Waals surface area contributed by atoms with Crippen LogP contribution in [-0.2, 0) is 11.2 Å². The quantitative estimate of drug-likeness (QED) is 0.787. The van der Waals surface area contributed by atoms with Gasteiger partial charge in [-0.2, -0.15) is 0 Å². The molecule has 0 aliphatic rings. The molecule has 94 valence electrons. The Balaban J connectivity index is 2.03. The van der Waals surface area contributed by atoms with Gasteiger partial charge in [0.2, 0.25) is 5.91 Å². The van der Waals surface area contributed by atoms with Gasteiger partial charge in [0.15, 0.2) is 5.13 Å². The van der Waals surface area contributed by atoms with Crippen molar-refractivity contribution in [3.05, 3.63) is 37.9 Å². The Morgan fingerprint density at radius 3 is 2.94 bits per heavy atom. The predicted octanol–water partition coefficient (Wildman–Crippen LogP) is 3.16. The number of carbonyl (C=O) groups excluding carboxylic acids is 1. The molecule has 0 fully saturated rings. The molecule has 0 spiro atoms. The SMILES string of the molecule is Nc1nc(CC(=O)Nc2ccc(Cl)cc2I)cs1. The van der Waals surface area contributed by atoms with E-state index in [4.69, 9.17) is 17.3 Å². The summed E-state index contributed by atoms with van der Waals surface area (Å²) >= 11 is 9.29. The van der Waals surface area contributed by atoms with E-state index >= 15 is 0 Å². The van der Waals surface area contributed by atoms with Crippen molar-refractivity contribution in [3.8, 4) is 0 Å². The molecule has 0 saturated heterocycles. The Kier molecular flexibility index (Phi) is 4.41. The number of nitrogens with one attached hydrogen (secondary N) is 1. The van der Waals surface area contributed by atoms with E-state index in [1.807, 2.05) is 0 Å². The summed E-state index contributed by atoms with van der Waals surface area (Å²) in [4.78, 5) is 15.8. The van der Waals surface area contributed by atoms with Gasteiger partial charge < -0.3 is 11.1 Å². The maximum absolute atomic E-state index is 11.8. The molecule has 7 heteroatoms. The largest absolute Gasteiger partial charge is 0.375 e. The number of thiazole rings is 1. The summed E-state index contributed by atoms with van der Waals surface area (Å²) in [5.41, 5.74) is 6.93. The standard InChI is InChI=1S/C11H9ClIN3OS/c12-6-1-2-9(8(13)3-6)16-10(17)4-7-5-18-11(14)15-7/h1-3,5H,4H2,(H2,14,15)(H,16,17). The monoisotopic (exact) mass is 393 g/mol. The molecule has 0 aliphatic heterocycles. The Bertz CT molecular complexity index is 587. The number of nitrogen functional groups attached to an aromatic ring is 1. The van der Waals surface area contributed by atoms with Crippen molar-refractivity contribution in [2.24, 2.45) is 0 Å². The van der Waals surface area contributed by atoms with E-state index in [1.165, 1.54) is 11.3 Å². The van der Waals surface area contributed by atoms with Crippen LogP contribution in [0.15, 0.2) is 23.6 Å². The van der Waals surface area contributed by atoms with Gasteiger partial charge in [0, 0.05) is 14.0 Å². The van der Waals surface area contributed by atoms with Gasteiger partial charge in [0.25, 0.3) is 0 Å². The first kappa shape index (κ1) is 13.6. The second kappa shape index (κ2) is 5.85. The van der Waals surface area contributed by atoms with Crippen LogP contribution in [0.1, 0.15) is 5.69 Å². The van der Waals surface area contributed by atoms with Gasteiger partial charge in [-0.05, 0) is 40.8 Å². The zero-order chi connectivity index (χ0) is 13.1. The first-order valence-electron chi connectivity index (χ1n) is 4.99. The van der Waals surface area contributed by atoms with Gasteiger partial charge in [0.05, 0.1) is 17.8 Å². The second-order valence-corrected chi connectivity index (χ2v) is 6.01. The van der Waals surface area contributed by atoms with Crippen LogP contribution in [0.25, 0.3) is 0 Å². The summed E-state index contributed by atoms with van der Waals surface area (Å²) < 4.78 is 0.895. The highest BCUT2D eigenvalue weighted by Gasteiger charge is 2.09. The van der Waals surface area contributed by atoms with Crippen LogP contribution in [-0.4, -0.2) is 10.9 Å². The molecule has 1 amide bonds. The molecule has 0 radical (unpaired) electrons. The lowest BCUT2D eigenvalue weighted by Crippen LogP contribution is -2.15. The number of carbonyl (C=O) groups is 1. The molecule has 0 aliphatic carbocycles. The molecular weight excluding hydrogens is 385 g/mol. The molecule has 0 bridgehead atoms. The van der Waals surface area contributed by atoms with Crippen LogP contribution in [0.2, 0.25) is 5.02 Å². The van der Waals surface area contributed by atoms with Gasteiger partial charge in [-0.15, -0.1) is 11.3 Å². The Morgan fingerprint density at radius 2 is 2.33 bits per heavy atom. The fourth-order valence-corrected chi connectivity index (χ4v) is 2.92. The Hall–Kier alpha value is -0.860. The number of anilines is 2. The van der Waals surface area contributed by atoms with Gasteiger partial charge in [-0.25, -0.2) is 4.98 Å². The van der Waals surface area contributed by atoms with E-state index < -0.39 is 0 Å². The molecule has 0 saturated carbocycles. The lowest BCUT2D eigenvalue weighted by Gasteiger charge is -2.06. The summed E-state index contributed by atoms with van der Waals surface area (Å²) in [6.45, 7) is 0. The summed E-state index contributed by atoms with van der Waals surface area (Å²) in [7, 11) is 0. The lowest BCUT2D eigenvalue weighted by molar-refractivity contribution is -0.115. The van der Waals surface area contributed by atoms with Gasteiger partial charge in [-0.1, -0.05) is 11.6 Å². The van der Waals surface area contributed by atoms with E-state index in [1.54, 1.807) is 23.6 Å². The third kappa shape index (κ3) is 3.56. The first-order valence-corrected chi connectivity index (χ1v) is 7.33. The van der Waals surface area contributed by atoms with Crippen molar-refractivity contribution in [1.29, 1.82) is 0 Å². The number of hydrogen-bond donors (Lipinski definition) is 2. The molecule has 3 N–H and O–H groups in total. The van der Waals surface area contributed by atoms with Crippen molar-refractivity contribution >= 4 is 62.3 Å². The molecule has 4 nitrogen and oxygen atoms in total. The lowest BCUT2D eigenvalue weighted by atomic mass is 10.3. The number of nitrogens with two attached hydrogens (primary N) is 1. The van der Waals surface area contributed by atoms with E-state index in [0.29, 0.717) is 15.8 Å². The summed E-state index contributed by atoms with van der Waals surface area (Å²) in [6.07, 6.45) is 0.215. The molecule has 1 heterocycles. The van der Waals surface area contributed by atoms with E-state index in [-0.39, 0.29) is 12.3 Å². The molecule has 2 rings (SSSR count).